The van der Waals surface area contributed by atoms with Crippen LogP contribution in [0.2, 0.25) is 0 Å². The number of Topliss-reactive ketones (excluding diaryl/α,β-unsaturated/α-hetero) is 1. The van der Waals surface area contributed by atoms with Crippen LogP contribution in [-0.2, 0) is 14.3 Å². The molecule has 0 aliphatic carbocycles. The molecule has 0 saturated carbocycles. The van der Waals surface area contributed by atoms with Gasteiger partial charge in [-0.15, -0.1) is 0 Å². The van der Waals surface area contributed by atoms with Crippen LogP contribution in [-0.4, -0.2) is 24.0 Å². The molecule has 0 amide bonds. The van der Waals surface area contributed by atoms with Crippen molar-refractivity contribution in [2.24, 2.45) is 0 Å². The van der Waals surface area contributed by atoms with Gasteiger partial charge in [0.15, 0.2) is 5.78 Å². The second kappa shape index (κ2) is 5.13. The summed E-state index contributed by atoms with van der Waals surface area (Å²) >= 11 is 0. The summed E-state index contributed by atoms with van der Waals surface area (Å²) in [5.74, 6) is -0.993. The quantitative estimate of drug-likeness (QED) is 0.309. The van der Waals surface area contributed by atoms with Gasteiger partial charge in [0.05, 0.1) is 18.4 Å². The lowest BCUT2D eigenvalue weighted by Crippen LogP contribution is -1.99. The zero-order valence-corrected chi connectivity index (χ0v) is 7.83. The molecular weight excluding hydrogens is 172 g/mol. The molecule has 13 heavy (non-hydrogen) atoms. The normalized spacial score (nSPS) is 12.5. The number of carbonyl (C=O) groups excluding carboxylic acids is 2. The number of methoxy groups -OCH3 is 1. The first kappa shape index (κ1) is 11.4. The lowest BCUT2D eigenvalue weighted by molar-refractivity contribution is -0.134. The van der Waals surface area contributed by atoms with E-state index in [0.717, 1.165) is 6.08 Å². The van der Waals surface area contributed by atoms with E-state index in [1.807, 2.05) is 0 Å². The van der Waals surface area contributed by atoms with Gasteiger partial charge in [-0.2, -0.15) is 0 Å². The standard InChI is InChI=1S/C9H12O4/c1-6(10)8(7(2)11)4-5-9(12)13-3/h4-5,10H,1-3H3. The van der Waals surface area contributed by atoms with Crippen LogP contribution in [0.5, 0.6) is 0 Å². The first-order chi connectivity index (χ1) is 5.99. The monoisotopic (exact) mass is 184 g/mol. The second-order valence-corrected chi connectivity index (χ2v) is 2.41. The number of aliphatic hydroxyl groups is 1. The Morgan fingerprint density at radius 2 is 1.77 bits per heavy atom. The van der Waals surface area contributed by atoms with Crippen molar-refractivity contribution in [3.63, 3.8) is 0 Å². The van der Waals surface area contributed by atoms with Gasteiger partial charge in [0.25, 0.3) is 0 Å². The van der Waals surface area contributed by atoms with Gasteiger partial charge in [0.1, 0.15) is 0 Å². The third-order valence-electron chi connectivity index (χ3n) is 1.36. The minimum absolute atomic E-state index is 0.102. The Balaban J connectivity index is 4.66. The number of ether oxygens (including phenoxy) is 1. The molecule has 4 nitrogen and oxygen atoms in total. The first-order valence-corrected chi connectivity index (χ1v) is 3.65. The van der Waals surface area contributed by atoms with E-state index in [4.69, 9.17) is 5.11 Å². The fourth-order valence-electron chi connectivity index (χ4n) is 0.712. The largest absolute Gasteiger partial charge is 0.512 e. The van der Waals surface area contributed by atoms with Gasteiger partial charge in [-0.25, -0.2) is 4.79 Å². The topological polar surface area (TPSA) is 63.6 Å². The molecule has 4 heteroatoms. The minimum atomic E-state index is -0.569. The van der Waals surface area contributed by atoms with Gasteiger partial charge in [0.2, 0.25) is 0 Å². The summed E-state index contributed by atoms with van der Waals surface area (Å²) in [4.78, 5) is 21.5. The molecule has 0 spiro atoms. The second-order valence-electron chi connectivity index (χ2n) is 2.41. The van der Waals surface area contributed by atoms with E-state index < -0.39 is 5.97 Å². The lowest BCUT2D eigenvalue weighted by Gasteiger charge is -1.97. The first-order valence-electron chi connectivity index (χ1n) is 3.65. The summed E-state index contributed by atoms with van der Waals surface area (Å²) in [6.45, 7) is 2.68. The molecule has 0 aromatic carbocycles. The summed E-state index contributed by atoms with van der Waals surface area (Å²) < 4.78 is 4.32. The van der Waals surface area contributed by atoms with Crippen LogP contribution in [0.25, 0.3) is 0 Å². The van der Waals surface area contributed by atoms with Gasteiger partial charge < -0.3 is 9.84 Å². The maximum Gasteiger partial charge on any atom is 0.330 e. The summed E-state index contributed by atoms with van der Waals surface area (Å²) in [5, 5.41) is 9.02. The minimum Gasteiger partial charge on any atom is -0.512 e. The number of hydrogen-bond donors (Lipinski definition) is 1. The summed E-state index contributed by atoms with van der Waals surface area (Å²) in [6.07, 6.45) is 2.31. The molecule has 0 atom stereocenters. The molecule has 0 bridgehead atoms. The molecule has 0 aliphatic heterocycles. The van der Waals surface area contributed by atoms with E-state index in [2.05, 4.69) is 4.74 Å². The van der Waals surface area contributed by atoms with Crippen LogP contribution in [0.15, 0.2) is 23.5 Å². The molecule has 0 saturated heterocycles. The van der Waals surface area contributed by atoms with Crippen LogP contribution < -0.4 is 0 Å². The molecule has 0 radical (unpaired) electrons. The van der Waals surface area contributed by atoms with E-state index >= 15 is 0 Å². The van der Waals surface area contributed by atoms with Crippen LogP contribution in [0.3, 0.4) is 0 Å². The average molecular weight is 184 g/mol. The number of allylic oxidation sites excluding steroid dienone is 3. The molecule has 72 valence electrons. The maximum absolute atomic E-state index is 10.9. The van der Waals surface area contributed by atoms with Gasteiger partial charge >= 0.3 is 5.97 Å². The van der Waals surface area contributed by atoms with E-state index in [1.165, 1.54) is 27.0 Å². The summed E-state index contributed by atoms with van der Waals surface area (Å²) in [5.41, 5.74) is 0.102. The Morgan fingerprint density at radius 3 is 2.08 bits per heavy atom. The van der Waals surface area contributed by atoms with E-state index in [1.54, 1.807) is 0 Å². The smallest absolute Gasteiger partial charge is 0.330 e. The van der Waals surface area contributed by atoms with Crippen molar-refractivity contribution in [1.82, 2.24) is 0 Å². The highest BCUT2D eigenvalue weighted by molar-refractivity contribution is 5.98. The fraction of sp³-hybridized carbons (Fsp3) is 0.333. The Kier molecular flexibility index (Phi) is 4.51. The third-order valence-corrected chi connectivity index (χ3v) is 1.36. The molecule has 0 aromatic rings. The Bertz CT molecular complexity index is 269. The zero-order valence-electron chi connectivity index (χ0n) is 7.83. The molecule has 0 rings (SSSR count). The molecule has 0 aliphatic rings. The van der Waals surface area contributed by atoms with Crippen LogP contribution in [0.1, 0.15) is 13.8 Å². The molecular formula is C9H12O4. The Morgan fingerprint density at radius 1 is 1.23 bits per heavy atom. The molecule has 1 N–H and O–H groups in total. The maximum atomic E-state index is 10.9. The number of aliphatic hydroxyl groups excluding tert-OH is 1. The summed E-state index contributed by atoms with van der Waals surface area (Å²) in [6, 6.07) is 0. The number of rotatable bonds is 3. The van der Waals surface area contributed by atoms with Crippen molar-refractivity contribution < 1.29 is 19.4 Å². The van der Waals surface area contributed by atoms with Crippen molar-refractivity contribution in [2.75, 3.05) is 7.11 Å². The Labute approximate surface area is 76.5 Å². The number of carbonyl (C=O) groups is 2. The average Bonchev–Trinajstić information content (AvgIpc) is 2.03. The van der Waals surface area contributed by atoms with Crippen molar-refractivity contribution in [2.45, 2.75) is 13.8 Å². The predicted molar refractivity (Wildman–Crippen MR) is 47.2 cm³/mol. The molecule has 0 aromatic heterocycles. The number of hydrogen-bond acceptors (Lipinski definition) is 4. The highest BCUT2D eigenvalue weighted by Crippen LogP contribution is 2.04. The van der Waals surface area contributed by atoms with Gasteiger partial charge in [-0.3, -0.25) is 4.79 Å². The third kappa shape index (κ3) is 4.10. The highest BCUT2D eigenvalue weighted by Gasteiger charge is 2.04. The summed E-state index contributed by atoms with van der Waals surface area (Å²) in [7, 11) is 1.23. The van der Waals surface area contributed by atoms with Gasteiger partial charge in [-0.05, 0) is 19.9 Å². The number of ketones is 1. The molecule has 0 heterocycles. The number of esters is 1. The van der Waals surface area contributed by atoms with Gasteiger partial charge in [-0.1, -0.05) is 0 Å². The lowest BCUT2D eigenvalue weighted by atomic mass is 10.1. The molecule has 0 fully saturated rings. The predicted octanol–water partition coefficient (Wildman–Crippen LogP) is 1.14. The van der Waals surface area contributed by atoms with Crippen LogP contribution in [0.4, 0.5) is 0 Å². The SMILES string of the molecule is COC(=O)C=CC(C(C)=O)=C(C)O. The van der Waals surface area contributed by atoms with Crippen LogP contribution >= 0.6 is 0 Å². The van der Waals surface area contributed by atoms with Crippen LogP contribution in [0, 0.1) is 0 Å². The van der Waals surface area contributed by atoms with E-state index in [9.17, 15) is 9.59 Å². The Hall–Kier alpha value is -1.58. The van der Waals surface area contributed by atoms with Crippen molar-refractivity contribution in [3.8, 4) is 0 Å². The molecule has 0 unspecified atom stereocenters. The zero-order chi connectivity index (χ0) is 10.4. The van der Waals surface area contributed by atoms with Crippen molar-refractivity contribution in [3.05, 3.63) is 23.5 Å². The van der Waals surface area contributed by atoms with Crippen molar-refractivity contribution in [1.29, 1.82) is 0 Å². The van der Waals surface area contributed by atoms with E-state index in [-0.39, 0.29) is 17.1 Å². The van der Waals surface area contributed by atoms with Gasteiger partial charge in [0, 0.05) is 6.08 Å². The van der Waals surface area contributed by atoms with E-state index in [0.29, 0.717) is 0 Å². The van der Waals surface area contributed by atoms with Crippen molar-refractivity contribution >= 4 is 11.8 Å². The fourth-order valence-corrected chi connectivity index (χ4v) is 0.712. The highest BCUT2D eigenvalue weighted by atomic mass is 16.5.